The van der Waals surface area contributed by atoms with Gasteiger partial charge < -0.3 is 20.7 Å². The quantitative estimate of drug-likeness (QED) is 0.608. The molecule has 1 aliphatic rings. The van der Waals surface area contributed by atoms with Crippen LogP contribution in [0.15, 0.2) is 30.3 Å². The molecule has 8 nitrogen and oxygen atoms in total. The number of carbonyl (C=O) groups excluding carboxylic acids is 4. The number of amides is 3. The number of ketones is 1. The Kier molecular flexibility index (Phi) is 7.14. The first kappa shape index (κ1) is 21.4. The van der Waals surface area contributed by atoms with Crippen molar-refractivity contribution >= 4 is 23.7 Å². The van der Waals surface area contributed by atoms with Gasteiger partial charge in [0.05, 0.1) is 0 Å². The Morgan fingerprint density at radius 2 is 1.89 bits per heavy atom. The number of rotatable bonds is 7. The molecule has 3 N–H and O–H groups in total. The van der Waals surface area contributed by atoms with Gasteiger partial charge in [0, 0.05) is 19.0 Å². The van der Waals surface area contributed by atoms with Crippen LogP contribution in [0.5, 0.6) is 0 Å². The second-order valence-electron chi connectivity index (χ2n) is 7.74. The molecular formula is C20H27N3O5. The van der Waals surface area contributed by atoms with Crippen molar-refractivity contribution in [3.05, 3.63) is 35.9 Å². The third-order valence-electron chi connectivity index (χ3n) is 4.21. The smallest absolute Gasteiger partial charge is 0.408 e. The molecule has 0 bridgehead atoms. The Labute approximate surface area is 164 Å². The van der Waals surface area contributed by atoms with Crippen LogP contribution in [-0.2, 0) is 25.7 Å². The molecule has 0 radical (unpaired) electrons. The predicted molar refractivity (Wildman–Crippen MR) is 102 cm³/mol. The van der Waals surface area contributed by atoms with Gasteiger partial charge in [-0.1, -0.05) is 30.3 Å². The molecule has 1 saturated heterocycles. The first-order chi connectivity index (χ1) is 13.2. The number of carbonyl (C=O) groups is 4. The predicted octanol–water partition coefficient (Wildman–Crippen LogP) is 1.29. The lowest BCUT2D eigenvalue weighted by molar-refractivity contribution is -0.139. The van der Waals surface area contributed by atoms with E-state index in [2.05, 4.69) is 16.0 Å². The van der Waals surface area contributed by atoms with Crippen LogP contribution >= 0.6 is 0 Å². The molecule has 0 unspecified atom stereocenters. The van der Waals surface area contributed by atoms with Crippen molar-refractivity contribution in [2.45, 2.75) is 51.8 Å². The van der Waals surface area contributed by atoms with Gasteiger partial charge in [-0.2, -0.15) is 0 Å². The van der Waals surface area contributed by atoms with E-state index in [1.807, 2.05) is 30.3 Å². The largest absolute Gasteiger partial charge is 0.444 e. The fourth-order valence-electron chi connectivity index (χ4n) is 2.86. The lowest BCUT2D eigenvalue weighted by Crippen LogP contribution is -2.49. The summed E-state index contributed by atoms with van der Waals surface area (Å²) in [5.41, 5.74) is 0.0910. The van der Waals surface area contributed by atoms with Crippen LogP contribution in [0.2, 0.25) is 0 Å². The Morgan fingerprint density at radius 1 is 1.21 bits per heavy atom. The zero-order valence-electron chi connectivity index (χ0n) is 16.4. The first-order valence-electron chi connectivity index (χ1n) is 9.29. The number of alkyl carbamates (subject to hydrolysis) is 1. The Morgan fingerprint density at radius 3 is 2.46 bits per heavy atom. The van der Waals surface area contributed by atoms with Crippen molar-refractivity contribution in [1.29, 1.82) is 0 Å². The third kappa shape index (κ3) is 6.68. The molecule has 1 aromatic carbocycles. The highest BCUT2D eigenvalue weighted by Gasteiger charge is 2.34. The van der Waals surface area contributed by atoms with Gasteiger partial charge in [0.15, 0.2) is 0 Å². The molecule has 2 rings (SSSR count). The lowest BCUT2D eigenvalue weighted by Gasteiger charge is -2.23. The van der Waals surface area contributed by atoms with Crippen molar-refractivity contribution in [3.8, 4) is 0 Å². The van der Waals surface area contributed by atoms with Gasteiger partial charge in [-0.15, -0.1) is 0 Å². The van der Waals surface area contributed by atoms with Gasteiger partial charge in [0.25, 0.3) is 5.91 Å². The van der Waals surface area contributed by atoms with Crippen LogP contribution in [-0.4, -0.2) is 41.9 Å². The molecule has 1 aliphatic heterocycles. The summed E-state index contributed by atoms with van der Waals surface area (Å²) >= 11 is 0. The zero-order valence-corrected chi connectivity index (χ0v) is 16.4. The van der Waals surface area contributed by atoms with Crippen molar-refractivity contribution in [2.75, 3.05) is 6.54 Å². The number of Topliss-reactive ketones (excluding diaryl/α,β-unsaturated/α-hetero) is 1. The van der Waals surface area contributed by atoms with Crippen LogP contribution in [0.4, 0.5) is 4.79 Å². The molecule has 1 fully saturated rings. The van der Waals surface area contributed by atoms with Crippen molar-refractivity contribution < 1.29 is 23.9 Å². The van der Waals surface area contributed by atoms with Crippen LogP contribution in [0, 0.1) is 5.92 Å². The molecule has 0 aromatic heterocycles. The van der Waals surface area contributed by atoms with Gasteiger partial charge in [0.1, 0.15) is 11.6 Å². The third-order valence-corrected chi connectivity index (χ3v) is 4.21. The molecule has 8 heteroatoms. The fourth-order valence-corrected chi connectivity index (χ4v) is 2.86. The normalized spacial score (nSPS) is 17.4. The second-order valence-corrected chi connectivity index (χ2v) is 7.74. The Bertz CT molecular complexity index is 727. The standard InChI is InChI=1S/C20H27N3O5/c1-20(2,3)28-19(27)23-15(11-14-9-10-21-17(14)25)16(24)18(26)22-12-13-7-5-4-6-8-13/h4-8,14-15H,9-12H2,1-3H3,(H,21,25)(H,22,26)(H,23,27)/t14-,15-/m0/s1. The van der Waals surface area contributed by atoms with Gasteiger partial charge in [-0.05, 0) is 39.2 Å². The molecule has 0 saturated carbocycles. The second kappa shape index (κ2) is 9.34. The van der Waals surface area contributed by atoms with Crippen molar-refractivity contribution in [1.82, 2.24) is 16.0 Å². The minimum absolute atomic E-state index is 0.0443. The Balaban J connectivity index is 2.03. The monoisotopic (exact) mass is 389 g/mol. The van der Waals surface area contributed by atoms with E-state index in [0.29, 0.717) is 13.0 Å². The number of benzene rings is 1. The van der Waals surface area contributed by atoms with Gasteiger partial charge >= 0.3 is 6.09 Å². The van der Waals surface area contributed by atoms with Gasteiger partial charge in [-0.25, -0.2) is 4.79 Å². The molecule has 2 atom stereocenters. The topological polar surface area (TPSA) is 114 Å². The highest BCUT2D eigenvalue weighted by molar-refractivity contribution is 6.38. The first-order valence-corrected chi connectivity index (χ1v) is 9.29. The van der Waals surface area contributed by atoms with E-state index in [-0.39, 0.29) is 18.9 Å². The van der Waals surface area contributed by atoms with Gasteiger partial charge in [0.2, 0.25) is 11.7 Å². The van der Waals surface area contributed by atoms with E-state index in [1.165, 1.54) is 0 Å². The average molecular weight is 389 g/mol. The minimum Gasteiger partial charge on any atom is -0.444 e. The molecule has 152 valence electrons. The average Bonchev–Trinajstić information content (AvgIpc) is 3.02. The van der Waals surface area contributed by atoms with Crippen LogP contribution in [0.25, 0.3) is 0 Å². The summed E-state index contributed by atoms with van der Waals surface area (Å²) in [6.07, 6.45) is -0.215. The van der Waals surface area contributed by atoms with E-state index in [4.69, 9.17) is 4.74 Å². The SMILES string of the molecule is CC(C)(C)OC(=O)N[C@@H](C[C@@H]1CCNC1=O)C(=O)C(=O)NCc1ccccc1. The summed E-state index contributed by atoms with van der Waals surface area (Å²) in [5.74, 6) is -2.25. The van der Waals surface area contributed by atoms with Crippen molar-refractivity contribution in [3.63, 3.8) is 0 Å². The maximum Gasteiger partial charge on any atom is 0.408 e. The molecule has 3 amide bonds. The number of hydrogen-bond acceptors (Lipinski definition) is 5. The van der Waals surface area contributed by atoms with Crippen LogP contribution < -0.4 is 16.0 Å². The number of ether oxygens (including phenoxy) is 1. The summed E-state index contributed by atoms with van der Waals surface area (Å²) in [7, 11) is 0. The molecule has 1 heterocycles. The minimum atomic E-state index is -1.14. The van der Waals surface area contributed by atoms with Crippen LogP contribution in [0.3, 0.4) is 0 Å². The Hall–Kier alpha value is -2.90. The van der Waals surface area contributed by atoms with E-state index in [1.54, 1.807) is 20.8 Å². The van der Waals surface area contributed by atoms with Gasteiger partial charge in [-0.3, -0.25) is 14.4 Å². The van der Waals surface area contributed by atoms with E-state index < -0.39 is 35.3 Å². The highest BCUT2D eigenvalue weighted by atomic mass is 16.6. The number of nitrogens with one attached hydrogen (secondary N) is 3. The fraction of sp³-hybridized carbons (Fsp3) is 0.500. The number of hydrogen-bond donors (Lipinski definition) is 3. The molecular weight excluding hydrogens is 362 g/mol. The molecule has 28 heavy (non-hydrogen) atoms. The van der Waals surface area contributed by atoms with E-state index in [9.17, 15) is 19.2 Å². The maximum atomic E-state index is 12.6. The summed E-state index contributed by atoms with van der Waals surface area (Å²) in [6, 6.07) is 8.02. The highest BCUT2D eigenvalue weighted by Crippen LogP contribution is 2.17. The van der Waals surface area contributed by atoms with Crippen molar-refractivity contribution in [2.24, 2.45) is 5.92 Å². The molecule has 0 spiro atoms. The van der Waals surface area contributed by atoms with Crippen LogP contribution in [0.1, 0.15) is 39.2 Å². The molecule has 0 aliphatic carbocycles. The van der Waals surface area contributed by atoms with E-state index in [0.717, 1.165) is 5.56 Å². The summed E-state index contributed by atoms with van der Waals surface area (Å²) < 4.78 is 5.18. The summed E-state index contributed by atoms with van der Waals surface area (Å²) in [6.45, 7) is 5.78. The maximum absolute atomic E-state index is 12.6. The zero-order chi connectivity index (χ0) is 20.7. The molecule has 1 aromatic rings. The lowest BCUT2D eigenvalue weighted by atomic mass is 9.95. The van der Waals surface area contributed by atoms with E-state index >= 15 is 0 Å². The summed E-state index contributed by atoms with van der Waals surface area (Å²) in [4.78, 5) is 48.9. The summed E-state index contributed by atoms with van der Waals surface area (Å²) in [5, 5.41) is 7.69.